The summed E-state index contributed by atoms with van der Waals surface area (Å²) in [6.07, 6.45) is 0. The number of anilines is 1. The lowest BCUT2D eigenvalue weighted by atomic mass is 10.1. The topological polar surface area (TPSA) is 83.0 Å². The van der Waals surface area contributed by atoms with Crippen LogP contribution in [-0.4, -0.2) is 30.4 Å². The van der Waals surface area contributed by atoms with Gasteiger partial charge in [-0.3, -0.25) is 4.79 Å². The first-order valence-corrected chi connectivity index (χ1v) is 7.09. The van der Waals surface area contributed by atoms with Gasteiger partial charge in [0.05, 0.1) is 25.1 Å². The molecule has 0 radical (unpaired) electrons. The summed E-state index contributed by atoms with van der Waals surface area (Å²) in [6, 6.07) is 14.0. The summed E-state index contributed by atoms with van der Waals surface area (Å²) < 4.78 is 5.20. The standard InChI is InChI=1S/C17H19N3O3/c1-12(13-7-9-14(21)10-8-13)19-20-17(22)11-18-15-5-3-4-6-16(15)23-2/h3-10,18,21H,11H2,1-2H3,(H,20,22). The van der Waals surface area contributed by atoms with Crippen molar-refractivity contribution >= 4 is 17.3 Å². The van der Waals surface area contributed by atoms with Crippen molar-refractivity contribution in [1.29, 1.82) is 0 Å². The molecule has 0 saturated carbocycles. The molecule has 0 aliphatic carbocycles. The second-order valence-electron chi connectivity index (χ2n) is 4.83. The number of phenols is 1. The maximum atomic E-state index is 11.8. The van der Waals surface area contributed by atoms with E-state index in [1.165, 1.54) is 0 Å². The van der Waals surface area contributed by atoms with Gasteiger partial charge in [0, 0.05) is 0 Å². The zero-order valence-corrected chi connectivity index (χ0v) is 13.0. The maximum absolute atomic E-state index is 11.8. The first kappa shape index (κ1) is 16.4. The van der Waals surface area contributed by atoms with Gasteiger partial charge >= 0.3 is 0 Å². The summed E-state index contributed by atoms with van der Waals surface area (Å²) in [5, 5.41) is 16.3. The van der Waals surface area contributed by atoms with Crippen LogP contribution in [0.5, 0.6) is 11.5 Å². The van der Waals surface area contributed by atoms with Crippen LogP contribution in [0, 0.1) is 0 Å². The molecule has 2 aromatic carbocycles. The lowest BCUT2D eigenvalue weighted by Crippen LogP contribution is -2.26. The number of rotatable bonds is 6. The van der Waals surface area contributed by atoms with Crippen LogP contribution < -0.4 is 15.5 Å². The van der Waals surface area contributed by atoms with Crippen molar-refractivity contribution in [2.75, 3.05) is 19.0 Å². The fourth-order valence-corrected chi connectivity index (χ4v) is 1.92. The Morgan fingerprint density at radius 3 is 2.57 bits per heavy atom. The number of ether oxygens (including phenoxy) is 1. The number of para-hydroxylation sites is 2. The first-order chi connectivity index (χ1) is 11.1. The third-order valence-corrected chi connectivity index (χ3v) is 3.18. The number of aromatic hydroxyl groups is 1. The number of carbonyl (C=O) groups excluding carboxylic acids is 1. The second kappa shape index (κ2) is 7.84. The number of phenolic OH excluding ortho intramolecular Hbond substituents is 1. The summed E-state index contributed by atoms with van der Waals surface area (Å²) in [5.41, 5.74) is 4.70. The van der Waals surface area contributed by atoms with Gasteiger partial charge in [-0.05, 0) is 48.9 Å². The number of methoxy groups -OCH3 is 1. The quantitative estimate of drug-likeness (QED) is 0.565. The summed E-state index contributed by atoms with van der Waals surface area (Å²) in [5.74, 6) is 0.588. The van der Waals surface area contributed by atoms with Crippen molar-refractivity contribution in [2.24, 2.45) is 5.10 Å². The van der Waals surface area contributed by atoms with Gasteiger partial charge in [0.2, 0.25) is 0 Å². The van der Waals surface area contributed by atoms with Crippen molar-refractivity contribution in [1.82, 2.24) is 5.43 Å². The van der Waals surface area contributed by atoms with Crippen LogP contribution in [0.1, 0.15) is 12.5 Å². The number of hydrogen-bond acceptors (Lipinski definition) is 5. The van der Waals surface area contributed by atoms with Crippen LogP contribution in [0.4, 0.5) is 5.69 Å². The zero-order valence-electron chi connectivity index (χ0n) is 13.0. The number of benzene rings is 2. The monoisotopic (exact) mass is 313 g/mol. The smallest absolute Gasteiger partial charge is 0.259 e. The molecule has 23 heavy (non-hydrogen) atoms. The third kappa shape index (κ3) is 4.74. The molecular weight excluding hydrogens is 294 g/mol. The normalized spacial score (nSPS) is 11.0. The Morgan fingerprint density at radius 1 is 1.17 bits per heavy atom. The van der Waals surface area contributed by atoms with E-state index in [-0.39, 0.29) is 18.2 Å². The molecule has 0 saturated heterocycles. The van der Waals surface area contributed by atoms with E-state index < -0.39 is 0 Å². The lowest BCUT2D eigenvalue weighted by molar-refractivity contribution is -0.119. The highest BCUT2D eigenvalue weighted by atomic mass is 16.5. The molecule has 0 bridgehead atoms. The average molecular weight is 313 g/mol. The van der Waals surface area contributed by atoms with E-state index in [2.05, 4.69) is 15.8 Å². The van der Waals surface area contributed by atoms with Gasteiger partial charge in [0.25, 0.3) is 5.91 Å². The molecule has 0 fully saturated rings. The Labute approximate surface area is 134 Å². The molecule has 6 nitrogen and oxygen atoms in total. The van der Waals surface area contributed by atoms with E-state index >= 15 is 0 Å². The Balaban J connectivity index is 1.89. The highest BCUT2D eigenvalue weighted by Gasteiger charge is 2.05. The van der Waals surface area contributed by atoms with E-state index in [4.69, 9.17) is 4.74 Å². The molecule has 0 aliphatic rings. The number of hydrazone groups is 1. The minimum Gasteiger partial charge on any atom is -0.508 e. The lowest BCUT2D eigenvalue weighted by Gasteiger charge is -2.10. The van der Waals surface area contributed by atoms with Crippen LogP contribution >= 0.6 is 0 Å². The van der Waals surface area contributed by atoms with Gasteiger partial charge in [0.15, 0.2) is 0 Å². The Bertz CT molecular complexity index is 696. The summed E-state index contributed by atoms with van der Waals surface area (Å²) in [6.45, 7) is 1.85. The fraction of sp³-hybridized carbons (Fsp3) is 0.176. The molecule has 0 spiro atoms. The predicted molar refractivity (Wildman–Crippen MR) is 89.9 cm³/mol. The summed E-state index contributed by atoms with van der Waals surface area (Å²) in [4.78, 5) is 11.8. The molecule has 6 heteroatoms. The highest BCUT2D eigenvalue weighted by Crippen LogP contribution is 2.22. The molecule has 0 unspecified atom stereocenters. The van der Waals surface area contributed by atoms with E-state index in [0.29, 0.717) is 11.5 Å². The molecule has 2 aromatic rings. The van der Waals surface area contributed by atoms with E-state index in [1.807, 2.05) is 24.3 Å². The van der Waals surface area contributed by atoms with Gasteiger partial charge in [-0.25, -0.2) is 5.43 Å². The number of amides is 1. The highest BCUT2D eigenvalue weighted by molar-refractivity contribution is 5.99. The zero-order chi connectivity index (χ0) is 16.7. The first-order valence-electron chi connectivity index (χ1n) is 7.09. The van der Waals surface area contributed by atoms with Gasteiger partial charge in [0.1, 0.15) is 11.5 Å². The minimum atomic E-state index is -0.269. The van der Waals surface area contributed by atoms with Gasteiger partial charge in [-0.15, -0.1) is 0 Å². The van der Waals surface area contributed by atoms with Gasteiger partial charge in [-0.2, -0.15) is 5.10 Å². The van der Waals surface area contributed by atoms with E-state index in [1.54, 1.807) is 38.3 Å². The molecule has 0 aliphatic heterocycles. The molecule has 1 amide bonds. The second-order valence-corrected chi connectivity index (χ2v) is 4.83. The Hall–Kier alpha value is -3.02. The summed E-state index contributed by atoms with van der Waals surface area (Å²) >= 11 is 0. The predicted octanol–water partition coefficient (Wildman–Crippen LogP) is 2.35. The van der Waals surface area contributed by atoms with E-state index in [9.17, 15) is 9.90 Å². The third-order valence-electron chi connectivity index (χ3n) is 3.18. The largest absolute Gasteiger partial charge is 0.508 e. The fourth-order valence-electron chi connectivity index (χ4n) is 1.92. The molecule has 2 rings (SSSR count). The van der Waals surface area contributed by atoms with Gasteiger partial charge < -0.3 is 15.2 Å². The Morgan fingerprint density at radius 2 is 1.87 bits per heavy atom. The SMILES string of the molecule is COc1ccccc1NCC(=O)NN=C(C)c1ccc(O)cc1. The van der Waals surface area contributed by atoms with Crippen molar-refractivity contribution in [3.63, 3.8) is 0 Å². The Kier molecular flexibility index (Phi) is 5.57. The maximum Gasteiger partial charge on any atom is 0.259 e. The van der Waals surface area contributed by atoms with Crippen molar-refractivity contribution in [3.8, 4) is 11.5 Å². The molecular formula is C17H19N3O3. The number of hydrogen-bond donors (Lipinski definition) is 3. The van der Waals surface area contributed by atoms with E-state index in [0.717, 1.165) is 11.3 Å². The molecule has 0 aromatic heterocycles. The van der Waals surface area contributed by atoms with Crippen molar-refractivity contribution < 1.29 is 14.6 Å². The molecule has 0 heterocycles. The molecule has 3 N–H and O–H groups in total. The van der Waals surface area contributed by atoms with Crippen LogP contribution in [0.2, 0.25) is 0 Å². The van der Waals surface area contributed by atoms with Crippen LogP contribution in [0.15, 0.2) is 53.6 Å². The number of nitrogens with one attached hydrogen (secondary N) is 2. The van der Waals surface area contributed by atoms with Crippen LogP contribution in [0.25, 0.3) is 0 Å². The van der Waals surface area contributed by atoms with Crippen molar-refractivity contribution in [2.45, 2.75) is 6.92 Å². The number of nitrogens with zero attached hydrogens (tertiary/aromatic N) is 1. The average Bonchev–Trinajstić information content (AvgIpc) is 2.58. The molecule has 120 valence electrons. The van der Waals surface area contributed by atoms with Gasteiger partial charge in [-0.1, -0.05) is 12.1 Å². The molecule has 0 atom stereocenters. The van der Waals surface area contributed by atoms with Crippen molar-refractivity contribution in [3.05, 3.63) is 54.1 Å². The number of carbonyl (C=O) groups is 1. The summed E-state index contributed by atoms with van der Waals surface area (Å²) in [7, 11) is 1.58. The van der Waals surface area contributed by atoms with Crippen LogP contribution in [0.3, 0.4) is 0 Å². The minimum absolute atomic E-state index is 0.0761. The van der Waals surface area contributed by atoms with Crippen LogP contribution in [-0.2, 0) is 4.79 Å².